The normalized spacial score (nSPS) is 16.9. The van der Waals surface area contributed by atoms with Gasteiger partial charge in [-0.3, -0.25) is 9.36 Å². The number of hydrogen-bond acceptors (Lipinski definition) is 5. The Hall–Kier alpha value is -3.35. The molecule has 0 saturated carbocycles. The van der Waals surface area contributed by atoms with E-state index >= 15 is 0 Å². The van der Waals surface area contributed by atoms with Crippen LogP contribution in [0.15, 0.2) is 80.4 Å². The molecule has 4 aromatic rings. The van der Waals surface area contributed by atoms with Crippen LogP contribution in [-0.4, -0.2) is 17.7 Å². The SMILES string of the molecule is CCN(CC)c1ccc(/C=c2\sc3n(c2=O)[C@H](c2ccc(Cl)cc2)C2=C(N=3)c3ccccc3CC2)o1. The molecule has 0 radical (unpaired) electrons. The van der Waals surface area contributed by atoms with E-state index in [-0.39, 0.29) is 11.6 Å². The molecule has 7 heteroatoms. The van der Waals surface area contributed by atoms with Gasteiger partial charge in [0.2, 0.25) is 0 Å². The van der Waals surface area contributed by atoms with Crippen molar-refractivity contribution >= 4 is 40.6 Å². The molecule has 0 N–H and O–H groups in total. The first kappa shape index (κ1) is 23.1. The molecule has 0 amide bonds. The van der Waals surface area contributed by atoms with Crippen molar-refractivity contribution in [1.29, 1.82) is 0 Å². The number of aromatic nitrogens is 1. The fraction of sp³-hybridized carbons (Fsp3) is 0.241. The van der Waals surface area contributed by atoms with Crippen molar-refractivity contribution in [3.8, 4) is 0 Å². The summed E-state index contributed by atoms with van der Waals surface area (Å²) in [4.78, 5) is 21.7. The average Bonchev–Trinajstić information content (AvgIpc) is 3.48. The predicted octanol–water partition coefficient (Wildman–Crippen LogP) is 5.41. The van der Waals surface area contributed by atoms with Crippen LogP contribution in [0.4, 0.5) is 5.88 Å². The molecule has 1 aliphatic heterocycles. The first-order valence-electron chi connectivity index (χ1n) is 12.3. The minimum Gasteiger partial charge on any atom is -0.441 e. The zero-order valence-corrected chi connectivity index (χ0v) is 21.8. The summed E-state index contributed by atoms with van der Waals surface area (Å²) in [5.74, 6) is 1.48. The molecule has 3 heterocycles. The van der Waals surface area contributed by atoms with Crippen LogP contribution >= 0.6 is 22.9 Å². The molecule has 0 saturated heterocycles. The Bertz CT molecular complexity index is 1660. The highest BCUT2D eigenvalue weighted by Gasteiger charge is 2.32. The lowest BCUT2D eigenvalue weighted by atomic mass is 9.83. The van der Waals surface area contributed by atoms with E-state index in [2.05, 4.69) is 43.0 Å². The van der Waals surface area contributed by atoms with Gasteiger partial charge in [-0.2, -0.15) is 0 Å². The molecule has 0 bridgehead atoms. The minimum absolute atomic E-state index is 0.0510. The number of thiazole rings is 1. The molecule has 2 aromatic carbocycles. The smallest absolute Gasteiger partial charge is 0.271 e. The lowest BCUT2D eigenvalue weighted by molar-refractivity contribution is 0.541. The predicted molar refractivity (Wildman–Crippen MR) is 146 cm³/mol. The number of furan rings is 1. The summed E-state index contributed by atoms with van der Waals surface area (Å²) in [7, 11) is 0. The number of rotatable bonds is 5. The standard InChI is InChI=1S/C29H26ClN3O2S/c1-3-32(4-2)25-16-14-21(35-25)17-24-28(34)33-27(19-9-12-20(30)13-10-19)23-15-11-18-7-5-6-8-22(18)26(23)31-29(33)36-24/h5-10,12-14,16-17,27H,3-4,11,15H2,1-2H3/b24-17-/t27-/m1/s1. The third kappa shape index (κ3) is 3.85. The maximum absolute atomic E-state index is 13.8. The molecule has 0 fully saturated rings. The van der Waals surface area contributed by atoms with Crippen LogP contribution in [0.5, 0.6) is 0 Å². The van der Waals surface area contributed by atoms with Crippen LogP contribution in [0.1, 0.15) is 48.8 Å². The molecule has 5 nitrogen and oxygen atoms in total. The van der Waals surface area contributed by atoms with Crippen LogP contribution in [-0.2, 0) is 6.42 Å². The second-order valence-corrected chi connectivity index (χ2v) is 10.5. The van der Waals surface area contributed by atoms with Crippen LogP contribution in [0, 0.1) is 0 Å². The number of benzene rings is 2. The van der Waals surface area contributed by atoms with Crippen molar-refractivity contribution in [2.75, 3.05) is 18.0 Å². The number of halogens is 1. The second kappa shape index (κ2) is 9.26. The Balaban J connectivity index is 1.54. The molecule has 1 atom stereocenters. The third-order valence-electron chi connectivity index (χ3n) is 7.02. The van der Waals surface area contributed by atoms with Gasteiger partial charge in [-0.15, -0.1) is 0 Å². The number of hydrogen-bond donors (Lipinski definition) is 0. The quantitative estimate of drug-likeness (QED) is 0.357. The van der Waals surface area contributed by atoms with Gasteiger partial charge in [-0.25, -0.2) is 4.99 Å². The fourth-order valence-corrected chi connectivity index (χ4v) is 6.33. The summed E-state index contributed by atoms with van der Waals surface area (Å²) in [6.45, 7) is 5.92. The van der Waals surface area contributed by atoms with Crippen molar-refractivity contribution < 1.29 is 4.42 Å². The molecular formula is C29H26ClN3O2S. The second-order valence-electron chi connectivity index (χ2n) is 9.01. The van der Waals surface area contributed by atoms with E-state index in [0.717, 1.165) is 48.6 Å². The van der Waals surface area contributed by atoms with Gasteiger partial charge < -0.3 is 9.32 Å². The lowest BCUT2D eigenvalue weighted by Crippen LogP contribution is -2.38. The highest BCUT2D eigenvalue weighted by atomic mass is 35.5. The van der Waals surface area contributed by atoms with Gasteiger partial charge in [-0.05, 0) is 61.6 Å². The molecule has 1 aliphatic carbocycles. The van der Waals surface area contributed by atoms with E-state index in [0.29, 0.717) is 20.1 Å². The summed E-state index contributed by atoms with van der Waals surface area (Å²) in [5, 5.41) is 0.677. The molecule has 0 unspecified atom stereocenters. The number of nitrogens with zero attached hydrogens (tertiary/aromatic N) is 3. The number of aryl methyl sites for hydroxylation is 1. The van der Waals surface area contributed by atoms with Crippen molar-refractivity contribution in [1.82, 2.24) is 4.57 Å². The number of allylic oxidation sites excluding steroid dienone is 1. The molecular weight excluding hydrogens is 490 g/mol. The fourth-order valence-electron chi connectivity index (χ4n) is 5.22. The van der Waals surface area contributed by atoms with E-state index in [1.54, 1.807) is 0 Å². The number of anilines is 1. The van der Waals surface area contributed by atoms with E-state index in [9.17, 15) is 4.79 Å². The highest BCUT2D eigenvalue weighted by Crippen LogP contribution is 2.41. The van der Waals surface area contributed by atoms with Crippen molar-refractivity contribution in [2.45, 2.75) is 32.7 Å². The van der Waals surface area contributed by atoms with Crippen LogP contribution in [0.2, 0.25) is 5.02 Å². The number of fused-ring (bicyclic) bond motifs is 3. The summed E-state index contributed by atoms with van der Waals surface area (Å²) < 4.78 is 8.52. The first-order chi connectivity index (χ1) is 17.6. The maximum Gasteiger partial charge on any atom is 0.271 e. The summed E-state index contributed by atoms with van der Waals surface area (Å²) in [6.07, 6.45) is 3.63. The Kier molecular flexibility index (Phi) is 5.94. The lowest BCUT2D eigenvalue weighted by Gasteiger charge is -2.30. The highest BCUT2D eigenvalue weighted by molar-refractivity contribution is 7.07. The van der Waals surface area contributed by atoms with Gasteiger partial charge in [0.05, 0.1) is 16.3 Å². The van der Waals surface area contributed by atoms with E-state index in [1.807, 2.05) is 47.0 Å². The van der Waals surface area contributed by atoms with Crippen LogP contribution < -0.4 is 19.8 Å². The largest absolute Gasteiger partial charge is 0.441 e. The van der Waals surface area contributed by atoms with Gasteiger partial charge in [0, 0.05) is 35.8 Å². The topological polar surface area (TPSA) is 50.7 Å². The maximum atomic E-state index is 13.8. The molecule has 2 aliphatic rings. The summed E-state index contributed by atoms with van der Waals surface area (Å²) >= 11 is 7.62. The zero-order chi connectivity index (χ0) is 24.8. The Morgan fingerprint density at radius 3 is 2.64 bits per heavy atom. The average molecular weight is 516 g/mol. The van der Waals surface area contributed by atoms with Crippen molar-refractivity contribution in [3.63, 3.8) is 0 Å². The van der Waals surface area contributed by atoms with Crippen LogP contribution in [0.3, 0.4) is 0 Å². The summed E-state index contributed by atoms with van der Waals surface area (Å²) in [5.41, 5.74) is 5.61. The van der Waals surface area contributed by atoms with E-state index in [1.165, 1.54) is 22.5 Å². The van der Waals surface area contributed by atoms with Gasteiger partial charge in [-0.1, -0.05) is 59.3 Å². The molecule has 6 rings (SSSR count). The van der Waals surface area contributed by atoms with Crippen molar-refractivity contribution in [3.05, 3.63) is 113 Å². The van der Waals surface area contributed by atoms with Gasteiger partial charge in [0.15, 0.2) is 10.7 Å². The Morgan fingerprint density at radius 2 is 1.86 bits per heavy atom. The third-order valence-corrected chi connectivity index (χ3v) is 8.25. The van der Waals surface area contributed by atoms with Crippen LogP contribution in [0.25, 0.3) is 11.8 Å². The molecule has 2 aromatic heterocycles. The Labute approximate surface area is 218 Å². The van der Waals surface area contributed by atoms with Crippen molar-refractivity contribution in [2.24, 2.45) is 4.99 Å². The van der Waals surface area contributed by atoms with Gasteiger partial charge in [0.25, 0.3) is 5.56 Å². The summed E-state index contributed by atoms with van der Waals surface area (Å²) in [6, 6.07) is 19.9. The first-order valence-corrected chi connectivity index (χ1v) is 13.5. The van der Waals surface area contributed by atoms with Gasteiger partial charge >= 0.3 is 0 Å². The monoisotopic (exact) mass is 515 g/mol. The van der Waals surface area contributed by atoms with Gasteiger partial charge in [0.1, 0.15) is 5.76 Å². The molecule has 36 heavy (non-hydrogen) atoms. The van der Waals surface area contributed by atoms with E-state index in [4.69, 9.17) is 21.0 Å². The molecule has 182 valence electrons. The zero-order valence-electron chi connectivity index (χ0n) is 20.2. The molecule has 0 spiro atoms. The Morgan fingerprint density at radius 1 is 1.08 bits per heavy atom. The van der Waals surface area contributed by atoms with E-state index < -0.39 is 0 Å². The minimum atomic E-state index is -0.216.